The summed E-state index contributed by atoms with van der Waals surface area (Å²) in [4.78, 5) is 8.90. The van der Waals surface area contributed by atoms with Gasteiger partial charge in [0.15, 0.2) is 11.0 Å². The molecular weight excluding hydrogens is 248 g/mol. The summed E-state index contributed by atoms with van der Waals surface area (Å²) < 4.78 is 0. The molecular formula is C13H15ClN4. The summed E-state index contributed by atoms with van der Waals surface area (Å²) in [5.74, 6) is 0.684. The second kappa shape index (κ2) is 5.08. The summed E-state index contributed by atoms with van der Waals surface area (Å²) in [6.45, 7) is 2.04. The Labute approximate surface area is 111 Å². The number of halogens is 1. The maximum Gasteiger partial charge on any atom is 0.172 e. The van der Waals surface area contributed by atoms with E-state index in [0.717, 1.165) is 30.5 Å². The monoisotopic (exact) mass is 262 g/mol. The fourth-order valence-electron chi connectivity index (χ4n) is 2.24. The van der Waals surface area contributed by atoms with E-state index in [9.17, 15) is 0 Å². The fraction of sp³-hybridized carbons (Fsp3) is 0.385. The van der Waals surface area contributed by atoms with Crippen LogP contribution in [0.1, 0.15) is 12.8 Å². The van der Waals surface area contributed by atoms with Crippen LogP contribution in [-0.4, -0.2) is 29.1 Å². The van der Waals surface area contributed by atoms with Crippen LogP contribution < -0.4 is 10.6 Å². The van der Waals surface area contributed by atoms with E-state index < -0.39 is 0 Å². The fourth-order valence-corrected chi connectivity index (χ4v) is 2.43. The quantitative estimate of drug-likeness (QED) is 0.873. The molecule has 0 amide bonds. The SMILES string of the molecule is Clc1nc2ccccc2nc1N[C@@H]1CCCNC1. The highest BCUT2D eigenvalue weighted by Crippen LogP contribution is 2.22. The lowest BCUT2D eigenvalue weighted by Gasteiger charge is -2.24. The zero-order chi connectivity index (χ0) is 12.4. The largest absolute Gasteiger partial charge is 0.363 e. The van der Waals surface area contributed by atoms with Crippen molar-refractivity contribution in [2.45, 2.75) is 18.9 Å². The van der Waals surface area contributed by atoms with E-state index in [1.165, 1.54) is 6.42 Å². The van der Waals surface area contributed by atoms with Crippen molar-refractivity contribution in [3.05, 3.63) is 29.4 Å². The lowest BCUT2D eigenvalue weighted by atomic mass is 10.1. The summed E-state index contributed by atoms with van der Waals surface area (Å²) in [5, 5.41) is 7.17. The molecule has 1 atom stereocenters. The van der Waals surface area contributed by atoms with Gasteiger partial charge in [0.05, 0.1) is 11.0 Å². The van der Waals surface area contributed by atoms with Gasteiger partial charge in [0.2, 0.25) is 0 Å². The molecule has 18 heavy (non-hydrogen) atoms. The van der Waals surface area contributed by atoms with Crippen LogP contribution in [0.5, 0.6) is 0 Å². The van der Waals surface area contributed by atoms with Crippen LogP contribution in [0.3, 0.4) is 0 Å². The second-order valence-electron chi connectivity index (χ2n) is 4.54. The van der Waals surface area contributed by atoms with Crippen LogP contribution >= 0.6 is 11.6 Å². The summed E-state index contributed by atoms with van der Waals surface area (Å²) in [6.07, 6.45) is 2.31. The Kier molecular flexibility index (Phi) is 3.30. The van der Waals surface area contributed by atoms with Gasteiger partial charge in [-0.3, -0.25) is 0 Å². The highest BCUT2D eigenvalue weighted by Gasteiger charge is 2.15. The van der Waals surface area contributed by atoms with Crippen molar-refractivity contribution in [3.8, 4) is 0 Å². The molecule has 1 aliphatic heterocycles. The third kappa shape index (κ3) is 2.40. The van der Waals surface area contributed by atoms with Crippen molar-refractivity contribution in [1.29, 1.82) is 0 Å². The number of nitrogens with one attached hydrogen (secondary N) is 2. The maximum absolute atomic E-state index is 6.17. The molecule has 1 aliphatic rings. The van der Waals surface area contributed by atoms with E-state index in [1.54, 1.807) is 0 Å². The van der Waals surface area contributed by atoms with Crippen molar-refractivity contribution < 1.29 is 0 Å². The van der Waals surface area contributed by atoms with Crippen molar-refractivity contribution in [2.75, 3.05) is 18.4 Å². The Morgan fingerprint density at radius 1 is 1.22 bits per heavy atom. The van der Waals surface area contributed by atoms with E-state index in [0.29, 0.717) is 17.0 Å². The molecule has 3 rings (SSSR count). The second-order valence-corrected chi connectivity index (χ2v) is 4.90. The van der Waals surface area contributed by atoms with Gasteiger partial charge in [0, 0.05) is 12.6 Å². The number of hydrogen-bond donors (Lipinski definition) is 2. The Morgan fingerprint density at radius 2 is 2.00 bits per heavy atom. The first kappa shape index (κ1) is 11.7. The molecule has 2 heterocycles. The smallest absolute Gasteiger partial charge is 0.172 e. The van der Waals surface area contributed by atoms with Gasteiger partial charge in [-0.25, -0.2) is 9.97 Å². The molecule has 5 heteroatoms. The number of anilines is 1. The Bertz CT molecular complexity index is 552. The lowest BCUT2D eigenvalue weighted by Crippen LogP contribution is -2.38. The highest BCUT2D eigenvalue weighted by atomic mass is 35.5. The first-order chi connectivity index (χ1) is 8.83. The van der Waals surface area contributed by atoms with Crippen LogP contribution in [0.2, 0.25) is 5.15 Å². The molecule has 0 unspecified atom stereocenters. The molecule has 94 valence electrons. The van der Waals surface area contributed by atoms with Gasteiger partial charge < -0.3 is 10.6 Å². The molecule has 2 aromatic rings. The Morgan fingerprint density at radius 3 is 2.72 bits per heavy atom. The van der Waals surface area contributed by atoms with Gasteiger partial charge in [-0.2, -0.15) is 0 Å². The summed E-state index contributed by atoms with van der Waals surface area (Å²) >= 11 is 6.17. The molecule has 0 saturated carbocycles. The normalized spacial score (nSPS) is 19.9. The van der Waals surface area contributed by atoms with Crippen molar-refractivity contribution in [3.63, 3.8) is 0 Å². The molecule has 0 aliphatic carbocycles. The van der Waals surface area contributed by atoms with Crippen LogP contribution in [0.4, 0.5) is 5.82 Å². The molecule has 0 spiro atoms. The van der Waals surface area contributed by atoms with E-state index in [2.05, 4.69) is 20.6 Å². The molecule has 1 aromatic carbocycles. The van der Waals surface area contributed by atoms with Gasteiger partial charge >= 0.3 is 0 Å². The van der Waals surface area contributed by atoms with Crippen LogP contribution in [0.15, 0.2) is 24.3 Å². The van der Waals surface area contributed by atoms with E-state index in [-0.39, 0.29) is 0 Å². The van der Waals surface area contributed by atoms with Crippen LogP contribution in [0, 0.1) is 0 Å². The molecule has 1 saturated heterocycles. The third-order valence-corrected chi connectivity index (χ3v) is 3.43. The van der Waals surface area contributed by atoms with Crippen LogP contribution in [0.25, 0.3) is 11.0 Å². The highest BCUT2D eigenvalue weighted by molar-refractivity contribution is 6.32. The maximum atomic E-state index is 6.17. The first-order valence-electron chi connectivity index (χ1n) is 6.22. The molecule has 0 radical (unpaired) electrons. The number of rotatable bonds is 2. The number of hydrogen-bond acceptors (Lipinski definition) is 4. The first-order valence-corrected chi connectivity index (χ1v) is 6.60. The third-order valence-electron chi connectivity index (χ3n) is 3.17. The number of piperidine rings is 1. The van der Waals surface area contributed by atoms with E-state index >= 15 is 0 Å². The standard InChI is InChI=1S/C13H15ClN4/c14-12-13(16-9-4-3-7-15-8-9)18-11-6-2-1-5-10(11)17-12/h1-2,5-6,9,15H,3-4,7-8H2,(H,16,18)/t9-/m1/s1. The molecule has 2 N–H and O–H groups in total. The summed E-state index contributed by atoms with van der Waals surface area (Å²) in [7, 11) is 0. The molecule has 4 nitrogen and oxygen atoms in total. The number of fused-ring (bicyclic) bond motifs is 1. The lowest BCUT2D eigenvalue weighted by molar-refractivity contribution is 0.479. The van der Waals surface area contributed by atoms with Crippen molar-refractivity contribution in [2.24, 2.45) is 0 Å². The average molecular weight is 263 g/mol. The minimum atomic E-state index is 0.381. The number of para-hydroxylation sites is 2. The van der Waals surface area contributed by atoms with Crippen LogP contribution in [-0.2, 0) is 0 Å². The minimum absolute atomic E-state index is 0.381. The number of aromatic nitrogens is 2. The predicted octanol–water partition coefficient (Wildman–Crippen LogP) is 2.45. The topological polar surface area (TPSA) is 49.8 Å². The summed E-state index contributed by atoms with van der Waals surface area (Å²) in [6, 6.07) is 8.14. The Hall–Kier alpha value is -1.39. The molecule has 0 bridgehead atoms. The molecule has 1 fully saturated rings. The average Bonchev–Trinajstić information content (AvgIpc) is 2.41. The molecule has 1 aromatic heterocycles. The van der Waals surface area contributed by atoms with E-state index in [1.807, 2.05) is 24.3 Å². The predicted molar refractivity (Wildman–Crippen MR) is 74.1 cm³/mol. The zero-order valence-corrected chi connectivity index (χ0v) is 10.7. The minimum Gasteiger partial charge on any atom is -0.363 e. The van der Waals surface area contributed by atoms with E-state index in [4.69, 9.17) is 11.6 Å². The van der Waals surface area contributed by atoms with Gasteiger partial charge in [-0.15, -0.1) is 0 Å². The Balaban J connectivity index is 1.88. The number of benzene rings is 1. The zero-order valence-electron chi connectivity index (χ0n) is 9.99. The number of nitrogens with zero attached hydrogens (tertiary/aromatic N) is 2. The van der Waals surface area contributed by atoms with Crippen molar-refractivity contribution in [1.82, 2.24) is 15.3 Å². The van der Waals surface area contributed by atoms with Gasteiger partial charge in [0.1, 0.15) is 0 Å². The van der Waals surface area contributed by atoms with Gasteiger partial charge in [-0.05, 0) is 31.5 Å². The van der Waals surface area contributed by atoms with Gasteiger partial charge in [0.25, 0.3) is 0 Å². The summed E-state index contributed by atoms with van der Waals surface area (Å²) in [5.41, 5.74) is 1.70. The van der Waals surface area contributed by atoms with Gasteiger partial charge in [-0.1, -0.05) is 23.7 Å². The van der Waals surface area contributed by atoms with Crippen molar-refractivity contribution >= 4 is 28.5 Å².